The summed E-state index contributed by atoms with van der Waals surface area (Å²) < 4.78 is 4.69. The Hall–Kier alpha value is 0.0300. The molecular weight excluding hydrogens is 311 g/mol. The second-order valence-electron chi connectivity index (χ2n) is 1.63. The molecule has 1 rings (SSSR count). The number of rotatable bonds is 1. The molecule has 1 aliphatic rings. The van der Waals surface area contributed by atoms with Crippen LogP contribution in [0.1, 0.15) is 0 Å². The molecule has 1 heterocycles. The maximum absolute atomic E-state index is 10.4. The molecule has 10 heavy (non-hydrogen) atoms. The minimum Gasteiger partial charge on any atom is -0.478 e. The lowest BCUT2D eigenvalue weighted by atomic mass is 10.3. The zero-order chi connectivity index (χ0) is 7.56. The third-order valence-corrected chi connectivity index (χ3v) is 4.26. The number of hydrogen-bond donors (Lipinski definition) is 1. The van der Waals surface area contributed by atoms with Crippen molar-refractivity contribution in [3.8, 4) is 0 Å². The predicted molar refractivity (Wildman–Crippen MR) is 52.8 cm³/mol. The molecule has 0 aromatic rings. The van der Waals surface area contributed by atoms with Gasteiger partial charge >= 0.3 is 5.97 Å². The molecule has 54 valence electrons. The van der Waals surface area contributed by atoms with Crippen LogP contribution in [-0.2, 0) is 4.79 Å². The summed E-state index contributed by atoms with van der Waals surface area (Å²) in [6, 6.07) is 0. The van der Waals surface area contributed by atoms with Gasteiger partial charge in [0.1, 0.15) is 0 Å². The minimum atomic E-state index is -0.843. The Labute approximate surface area is 76.5 Å². The monoisotopic (exact) mass is 314 g/mol. The van der Waals surface area contributed by atoms with Gasteiger partial charge in [-0.25, -0.2) is 4.79 Å². The van der Waals surface area contributed by atoms with Crippen LogP contribution in [0, 0.1) is 0 Å². The van der Waals surface area contributed by atoms with Gasteiger partial charge in [0.15, 0.2) is 0 Å². The summed E-state index contributed by atoms with van der Waals surface area (Å²) in [6.45, 7) is 0. The number of carbonyl (C=O) groups is 1. The van der Waals surface area contributed by atoms with E-state index < -0.39 is 5.97 Å². The number of carboxylic acid groups (broad SMARTS) is 1. The summed E-state index contributed by atoms with van der Waals surface area (Å²) in [5, 5.41) is 8.53. The van der Waals surface area contributed by atoms with Crippen molar-refractivity contribution >= 4 is 46.6 Å². The second kappa shape index (κ2) is 3.43. The smallest absolute Gasteiger partial charge is 0.336 e. The first-order valence-corrected chi connectivity index (χ1v) is 5.74. The molecule has 0 aliphatic carbocycles. The molecule has 1 N–H and O–H groups in total. The van der Waals surface area contributed by atoms with Crippen molar-refractivity contribution in [2.45, 2.75) is 0 Å². The average Bonchev–Trinajstić information content (AvgIpc) is 1.88. The van der Waals surface area contributed by atoms with Gasteiger partial charge in [-0.2, -0.15) is 0 Å². The number of allylic oxidation sites excluding steroid dienone is 2. The first-order chi connectivity index (χ1) is 4.70. The number of carboxylic acids is 1. The van der Waals surface area contributed by atoms with E-state index in [4.69, 9.17) is 5.11 Å². The van der Waals surface area contributed by atoms with Gasteiger partial charge < -0.3 is 5.11 Å². The lowest BCUT2D eigenvalue weighted by molar-refractivity contribution is -0.131. The predicted octanol–water partition coefficient (Wildman–Crippen LogP) is 2.02. The lowest BCUT2D eigenvalue weighted by Gasteiger charge is -1.97. The summed E-state index contributed by atoms with van der Waals surface area (Å²) in [6.07, 6.45) is 1.62. The van der Waals surface area contributed by atoms with E-state index in [1.807, 2.05) is 4.08 Å². The summed E-state index contributed by atoms with van der Waals surface area (Å²) in [4.78, 5) is 10.4. The minimum absolute atomic E-state index is 0.182. The van der Waals surface area contributed by atoms with E-state index >= 15 is 0 Å². The Kier molecular flexibility index (Phi) is 2.79. The van der Waals surface area contributed by atoms with Gasteiger partial charge in [0.25, 0.3) is 0 Å². The fourth-order valence-electron chi connectivity index (χ4n) is 0.479. The lowest BCUT2D eigenvalue weighted by Crippen LogP contribution is -2.01. The molecule has 0 aromatic carbocycles. The second-order valence-corrected chi connectivity index (χ2v) is 4.51. The molecule has 0 amide bonds. The van der Waals surface area contributed by atoms with Crippen molar-refractivity contribution in [2.24, 2.45) is 0 Å². The maximum atomic E-state index is 10.4. The first kappa shape index (κ1) is 8.13. The SMILES string of the molecule is O=C(O)C1=CC(Br)=CI=C1. The van der Waals surface area contributed by atoms with E-state index in [9.17, 15) is 4.79 Å². The zero-order valence-corrected chi connectivity index (χ0v) is 8.59. The van der Waals surface area contributed by atoms with Crippen molar-refractivity contribution < 1.29 is 9.90 Å². The molecule has 0 saturated heterocycles. The van der Waals surface area contributed by atoms with Crippen molar-refractivity contribution in [3.05, 3.63) is 20.2 Å². The van der Waals surface area contributed by atoms with E-state index in [1.54, 1.807) is 10.1 Å². The molecule has 0 spiro atoms. The molecule has 0 radical (unpaired) electrons. The Morgan fingerprint density at radius 1 is 1.70 bits per heavy atom. The van der Waals surface area contributed by atoms with Crippen LogP contribution >= 0.6 is 36.7 Å². The molecular formula is C6H4BrIO2. The van der Waals surface area contributed by atoms with Gasteiger partial charge in [0, 0.05) is 4.48 Å². The van der Waals surface area contributed by atoms with Crippen LogP contribution in [0.5, 0.6) is 0 Å². The zero-order valence-electron chi connectivity index (χ0n) is 4.84. The van der Waals surface area contributed by atoms with Gasteiger partial charge in [-0.1, -0.05) is 36.7 Å². The average molecular weight is 315 g/mol. The molecule has 0 saturated carbocycles. The van der Waals surface area contributed by atoms with Crippen molar-refractivity contribution in [2.75, 3.05) is 0 Å². The van der Waals surface area contributed by atoms with Gasteiger partial charge in [-0.15, -0.1) is 0 Å². The molecule has 0 fully saturated rings. The Bertz CT molecular complexity index is 252. The van der Waals surface area contributed by atoms with Crippen LogP contribution in [0.25, 0.3) is 0 Å². The van der Waals surface area contributed by atoms with Gasteiger partial charge in [0.2, 0.25) is 0 Å². The molecule has 0 atom stereocenters. The summed E-state index contributed by atoms with van der Waals surface area (Å²) in [5.41, 5.74) is 0.405. The van der Waals surface area contributed by atoms with Crippen molar-refractivity contribution in [3.63, 3.8) is 0 Å². The highest BCUT2D eigenvalue weighted by molar-refractivity contribution is 14.2. The van der Waals surface area contributed by atoms with Crippen LogP contribution in [0.3, 0.4) is 0 Å². The molecule has 0 aromatic heterocycles. The maximum Gasteiger partial charge on any atom is 0.336 e. The fraction of sp³-hybridized carbons (Fsp3) is 0. The number of halogens is 2. The highest BCUT2D eigenvalue weighted by Crippen LogP contribution is 2.20. The fourth-order valence-corrected chi connectivity index (χ4v) is 2.93. The number of aliphatic carboxylic acids is 1. The van der Waals surface area contributed by atoms with Crippen LogP contribution in [0.4, 0.5) is 0 Å². The molecule has 4 heteroatoms. The summed E-state index contributed by atoms with van der Waals surface area (Å²) in [5.74, 6) is -0.843. The Morgan fingerprint density at radius 2 is 2.40 bits per heavy atom. The quantitative estimate of drug-likeness (QED) is 0.752. The molecule has 0 unspecified atom stereocenters. The third kappa shape index (κ3) is 2.02. The first-order valence-electron chi connectivity index (χ1n) is 2.46. The topological polar surface area (TPSA) is 37.3 Å². The summed E-state index contributed by atoms with van der Waals surface area (Å²) in [7, 11) is 0. The van der Waals surface area contributed by atoms with Crippen molar-refractivity contribution in [1.29, 1.82) is 0 Å². The standard InChI is InChI=1S/C6H4BrIO2/c7-5-1-4(6(9)10)2-8-3-5/h1-3H,(H,9,10). The normalized spacial score (nSPS) is 16.9. The van der Waals surface area contributed by atoms with Gasteiger partial charge in [-0.05, 0) is 14.2 Å². The third-order valence-electron chi connectivity index (χ3n) is 0.888. The van der Waals surface area contributed by atoms with E-state index in [-0.39, 0.29) is 20.7 Å². The van der Waals surface area contributed by atoms with E-state index in [0.717, 1.165) is 4.48 Å². The van der Waals surface area contributed by atoms with E-state index in [2.05, 4.69) is 15.9 Å². The van der Waals surface area contributed by atoms with Gasteiger partial charge in [-0.3, -0.25) is 0 Å². The molecule has 2 nitrogen and oxygen atoms in total. The molecule has 0 bridgehead atoms. The highest BCUT2D eigenvalue weighted by Gasteiger charge is 2.05. The Morgan fingerprint density at radius 3 is 2.80 bits per heavy atom. The largest absolute Gasteiger partial charge is 0.478 e. The van der Waals surface area contributed by atoms with E-state index in [1.165, 1.54) is 0 Å². The summed E-state index contributed by atoms with van der Waals surface area (Å²) >= 11 is 3.04. The van der Waals surface area contributed by atoms with Crippen molar-refractivity contribution in [1.82, 2.24) is 0 Å². The van der Waals surface area contributed by atoms with Crippen LogP contribution < -0.4 is 0 Å². The highest BCUT2D eigenvalue weighted by atomic mass is 127. The van der Waals surface area contributed by atoms with Crippen LogP contribution in [0.15, 0.2) is 20.2 Å². The molecule has 1 aliphatic heterocycles. The number of hydrogen-bond acceptors (Lipinski definition) is 1. The van der Waals surface area contributed by atoms with Gasteiger partial charge in [0.05, 0.1) is 5.57 Å². The van der Waals surface area contributed by atoms with E-state index in [0.29, 0.717) is 5.57 Å². The Balaban J connectivity index is 2.93. The van der Waals surface area contributed by atoms with Crippen LogP contribution in [0.2, 0.25) is 0 Å². The van der Waals surface area contributed by atoms with Crippen LogP contribution in [-0.4, -0.2) is 15.1 Å².